The normalized spacial score (nSPS) is 9.86. The molecule has 0 saturated carbocycles. The summed E-state index contributed by atoms with van der Waals surface area (Å²) in [5, 5.41) is 11.1. The molecule has 0 aliphatic heterocycles. The topological polar surface area (TPSA) is 95.9 Å². The summed E-state index contributed by atoms with van der Waals surface area (Å²) in [6, 6.07) is 2.72. The van der Waals surface area contributed by atoms with E-state index in [1.807, 2.05) is 0 Å². The predicted octanol–water partition coefficient (Wildman–Crippen LogP) is 1.55. The number of ether oxygens (including phenoxy) is 1. The van der Waals surface area contributed by atoms with Gasteiger partial charge < -0.3 is 20.1 Å². The van der Waals surface area contributed by atoms with E-state index in [0.29, 0.717) is 0 Å². The lowest BCUT2D eigenvalue weighted by Crippen LogP contribution is -2.34. The summed E-state index contributed by atoms with van der Waals surface area (Å²) in [4.78, 5) is 34.9. The van der Waals surface area contributed by atoms with E-state index in [9.17, 15) is 18.8 Å². The number of urea groups is 1. The van der Waals surface area contributed by atoms with Crippen molar-refractivity contribution in [1.82, 2.24) is 4.90 Å². The molecule has 0 heterocycles. The number of methoxy groups -OCH3 is 1. The molecule has 0 atom stereocenters. The van der Waals surface area contributed by atoms with Crippen LogP contribution in [0, 0.1) is 5.82 Å². The van der Waals surface area contributed by atoms with Gasteiger partial charge in [-0.1, -0.05) is 6.07 Å². The van der Waals surface area contributed by atoms with E-state index in [2.05, 4.69) is 10.1 Å². The molecule has 21 heavy (non-hydrogen) atoms. The van der Waals surface area contributed by atoms with Gasteiger partial charge in [-0.3, -0.25) is 4.79 Å². The summed E-state index contributed by atoms with van der Waals surface area (Å²) >= 11 is 0. The fourth-order valence-corrected chi connectivity index (χ4v) is 1.49. The van der Waals surface area contributed by atoms with Crippen LogP contribution in [0.3, 0.4) is 0 Å². The second-order valence-corrected chi connectivity index (χ2v) is 4.15. The van der Waals surface area contributed by atoms with E-state index < -0.39 is 29.5 Å². The number of carbonyl (C=O) groups is 3. The first kappa shape index (κ1) is 16.4. The minimum absolute atomic E-state index is 0.0243. The number of carboxylic acid groups (broad SMARTS) is 1. The molecule has 0 unspecified atom stereocenters. The minimum Gasteiger partial charge on any atom is -0.478 e. The highest BCUT2D eigenvalue weighted by Gasteiger charge is 2.18. The molecule has 114 valence electrons. The fourth-order valence-electron chi connectivity index (χ4n) is 1.49. The zero-order valence-corrected chi connectivity index (χ0v) is 11.6. The van der Waals surface area contributed by atoms with Gasteiger partial charge >= 0.3 is 18.0 Å². The van der Waals surface area contributed by atoms with Crippen LogP contribution >= 0.6 is 0 Å². The standard InChI is InChI=1S/C13H15FN2O5/c1-16(7-6-10(17)21-2)13(20)15-11-8(12(18)19)4-3-5-9(11)14/h3-5H,6-7H2,1-2H3,(H,15,20)(H,18,19). The zero-order chi connectivity index (χ0) is 16.0. The zero-order valence-electron chi connectivity index (χ0n) is 11.6. The van der Waals surface area contributed by atoms with Gasteiger partial charge in [-0.2, -0.15) is 0 Å². The molecule has 0 aliphatic rings. The molecule has 0 saturated heterocycles. The van der Waals surface area contributed by atoms with Crippen molar-refractivity contribution in [2.75, 3.05) is 26.0 Å². The van der Waals surface area contributed by atoms with Crippen molar-refractivity contribution in [3.8, 4) is 0 Å². The summed E-state index contributed by atoms with van der Waals surface area (Å²) in [6.45, 7) is 0.0510. The minimum atomic E-state index is -1.36. The maximum atomic E-state index is 13.6. The third-order valence-electron chi connectivity index (χ3n) is 2.70. The summed E-state index contributed by atoms with van der Waals surface area (Å²) in [7, 11) is 2.61. The highest BCUT2D eigenvalue weighted by molar-refractivity contribution is 6.00. The van der Waals surface area contributed by atoms with Crippen LogP contribution in [0.1, 0.15) is 16.8 Å². The van der Waals surface area contributed by atoms with E-state index in [1.54, 1.807) is 0 Å². The monoisotopic (exact) mass is 298 g/mol. The number of carboxylic acids is 1. The molecule has 0 aromatic heterocycles. The summed E-state index contributed by atoms with van der Waals surface area (Å²) < 4.78 is 18.1. The Bertz CT molecular complexity index is 561. The van der Waals surface area contributed by atoms with Crippen LogP contribution in [0.4, 0.5) is 14.9 Å². The van der Waals surface area contributed by atoms with Gasteiger partial charge in [0.2, 0.25) is 0 Å². The van der Waals surface area contributed by atoms with Crippen LogP contribution < -0.4 is 5.32 Å². The SMILES string of the molecule is COC(=O)CCN(C)C(=O)Nc1c(F)cccc1C(=O)O. The van der Waals surface area contributed by atoms with Crippen LogP contribution in [0.25, 0.3) is 0 Å². The van der Waals surface area contributed by atoms with Crippen LogP contribution in [-0.4, -0.2) is 48.7 Å². The third-order valence-corrected chi connectivity index (χ3v) is 2.70. The Morgan fingerprint density at radius 2 is 2.05 bits per heavy atom. The highest BCUT2D eigenvalue weighted by atomic mass is 19.1. The third kappa shape index (κ3) is 4.44. The number of nitrogens with zero attached hydrogens (tertiary/aromatic N) is 1. The predicted molar refractivity (Wildman–Crippen MR) is 71.6 cm³/mol. The molecule has 0 bridgehead atoms. The Hall–Kier alpha value is -2.64. The van der Waals surface area contributed by atoms with Crippen molar-refractivity contribution < 1.29 is 28.6 Å². The van der Waals surface area contributed by atoms with Crippen molar-refractivity contribution in [3.05, 3.63) is 29.6 Å². The van der Waals surface area contributed by atoms with Gasteiger partial charge in [0.05, 0.1) is 24.8 Å². The number of para-hydroxylation sites is 1. The molecule has 8 heteroatoms. The van der Waals surface area contributed by atoms with Gasteiger partial charge in [0.25, 0.3) is 0 Å². The molecular formula is C13H15FN2O5. The van der Waals surface area contributed by atoms with Crippen molar-refractivity contribution in [3.63, 3.8) is 0 Å². The first-order valence-electron chi connectivity index (χ1n) is 5.97. The Balaban J connectivity index is 2.79. The van der Waals surface area contributed by atoms with E-state index in [4.69, 9.17) is 5.11 Å². The lowest BCUT2D eigenvalue weighted by atomic mass is 10.1. The second-order valence-electron chi connectivity index (χ2n) is 4.15. The van der Waals surface area contributed by atoms with Crippen molar-refractivity contribution >= 4 is 23.7 Å². The summed E-state index contributed by atoms with van der Waals surface area (Å²) in [5.74, 6) is -2.71. The van der Waals surface area contributed by atoms with E-state index in [0.717, 1.165) is 11.0 Å². The van der Waals surface area contributed by atoms with Crippen LogP contribution in [0.5, 0.6) is 0 Å². The quantitative estimate of drug-likeness (QED) is 0.804. The van der Waals surface area contributed by atoms with E-state index in [1.165, 1.54) is 26.3 Å². The van der Waals surface area contributed by atoms with E-state index in [-0.39, 0.29) is 18.5 Å². The number of nitrogens with one attached hydrogen (secondary N) is 1. The smallest absolute Gasteiger partial charge is 0.337 e. The number of hydrogen-bond donors (Lipinski definition) is 2. The number of carbonyl (C=O) groups excluding carboxylic acids is 2. The van der Waals surface area contributed by atoms with E-state index >= 15 is 0 Å². The first-order chi connectivity index (χ1) is 9.86. The van der Waals surface area contributed by atoms with Gasteiger partial charge in [-0.25, -0.2) is 14.0 Å². The number of hydrogen-bond acceptors (Lipinski definition) is 4. The average molecular weight is 298 g/mol. The highest BCUT2D eigenvalue weighted by Crippen LogP contribution is 2.20. The van der Waals surface area contributed by atoms with Crippen molar-refractivity contribution in [1.29, 1.82) is 0 Å². The number of esters is 1. The molecule has 1 aromatic rings. The van der Waals surface area contributed by atoms with Crippen molar-refractivity contribution in [2.45, 2.75) is 6.42 Å². The number of aromatic carboxylic acids is 1. The molecule has 0 spiro atoms. The molecule has 1 aromatic carbocycles. The maximum absolute atomic E-state index is 13.6. The second kappa shape index (κ2) is 7.22. The molecule has 2 amide bonds. The Morgan fingerprint density at radius 3 is 2.62 bits per heavy atom. The largest absolute Gasteiger partial charge is 0.478 e. The number of amides is 2. The Morgan fingerprint density at radius 1 is 1.38 bits per heavy atom. The van der Waals surface area contributed by atoms with Gasteiger partial charge in [0.15, 0.2) is 0 Å². The van der Waals surface area contributed by atoms with Gasteiger partial charge in [-0.15, -0.1) is 0 Å². The molecule has 7 nitrogen and oxygen atoms in total. The average Bonchev–Trinajstić information content (AvgIpc) is 2.45. The van der Waals surface area contributed by atoms with Gasteiger partial charge in [0.1, 0.15) is 5.82 Å². The summed E-state index contributed by atoms with van der Waals surface area (Å²) in [5.41, 5.74) is -0.773. The van der Waals surface area contributed by atoms with Crippen LogP contribution in [0.2, 0.25) is 0 Å². The molecule has 0 radical (unpaired) electrons. The number of benzene rings is 1. The molecule has 0 fully saturated rings. The fraction of sp³-hybridized carbons (Fsp3) is 0.308. The van der Waals surface area contributed by atoms with Crippen LogP contribution in [0.15, 0.2) is 18.2 Å². The number of rotatable bonds is 5. The van der Waals surface area contributed by atoms with Gasteiger partial charge in [0, 0.05) is 13.6 Å². The Kier molecular flexibility index (Phi) is 5.65. The summed E-state index contributed by atoms with van der Waals surface area (Å²) in [6.07, 6.45) is -0.0243. The molecule has 2 N–H and O–H groups in total. The molecule has 0 aliphatic carbocycles. The maximum Gasteiger partial charge on any atom is 0.337 e. The number of anilines is 1. The Labute approximate surface area is 120 Å². The lowest BCUT2D eigenvalue weighted by Gasteiger charge is -2.18. The van der Waals surface area contributed by atoms with Crippen LogP contribution in [-0.2, 0) is 9.53 Å². The number of halogens is 1. The van der Waals surface area contributed by atoms with Crippen molar-refractivity contribution in [2.24, 2.45) is 0 Å². The molecule has 1 rings (SSSR count). The molecular weight excluding hydrogens is 283 g/mol. The lowest BCUT2D eigenvalue weighted by molar-refractivity contribution is -0.140. The van der Waals surface area contributed by atoms with Gasteiger partial charge in [-0.05, 0) is 12.1 Å². The first-order valence-corrected chi connectivity index (χ1v) is 5.97.